The lowest BCUT2D eigenvalue weighted by molar-refractivity contribution is -0.140. The number of anilines is 1. The number of benzene rings is 1. The first kappa shape index (κ1) is 14.2. The van der Waals surface area contributed by atoms with Crippen LogP contribution in [0, 0.1) is 0 Å². The minimum Gasteiger partial charge on any atom is -0.398 e. The number of nitrogens with zero attached hydrogens (tertiary/aromatic N) is 1. The number of thioether (sulfide) groups is 1. The van der Waals surface area contributed by atoms with E-state index in [9.17, 15) is 9.59 Å². The molecule has 1 fully saturated rings. The van der Waals surface area contributed by atoms with Crippen molar-refractivity contribution in [3.8, 4) is 0 Å². The van der Waals surface area contributed by atoms with Crippen LogP contribution in [0.25, 0.3) is 0 Å². The Labute approximate surface area is 121 Å². The molecule has 1 aliphatic heterocycles. The third-order valence-electron chi connectivity index (χ3n) is 2.92. The fourth-order valence-electron chi connectivity index (χ4n) is 2.05. The van der Waals surface area contributed by atoms with Crippen LogP contribution in [0.3, 0.4) is 0 Å². The van der Waals surface area contributed by atoms with E-state index < -0.39 is 5.25 Å². The van der Waals surface area contributed by atoms with E-state index in [4.69, 9.17) is 17.3 Å². The first-order valence-electron chi connectivity index (χ1n) is 5.98. The van der Waals surface area contributed by atoms with Gasteiger partial charge < -0.3 is 5.73 Å². The first-order chi connectivity index (χ1) is 8.91. The second-order valence-electron chi connectivity index (χ2n) is 4.66. The average Bonchev–Trinajstić information content (AvgIpc) is 2.59. The lowest BCUT2D eigenvalue weighted by Gasteiger charge is -2.19. The Balaban J connectivity index is 2.22. The van der Waals surface area contributed by atoms with Crippen molar-refractivity contribution in [1.29, 1.82) is 0 Å². The molecule has 1 aliphatic rings. The molecule has 4 nitrogen and oxygen atoms in total. The molecule has 0 radical (unpaired) electrons. The summed E-state index contributed by atoms with van der Waals surface area (Å²) in [6, 6.07) is 5.09. The van der Waals surface area contributed by atoms with Crippen LogP contribution in [0.15, 0.2) is 23.1 Å². The number of halogens is 1. The van der Waals surface area contributed by atoms with E-state index in [0.717, 1.165) is 0 Å². The zero-order chi connectivity index (χ0) is 14.2. The highest BCUT2D eigenvalue weighted by Gasteiger charge is 2.40. The van der Waals surface area contributed by atoms with Gasteiger partial charge in [-0.3, -0.25) is 14.5 Å². The monoisotopic (exact) mass is 298 g/mol. The Morgan fingerprint density at radius 2 is 2.11 bits per heavy atom. The van der Waals surface area contributed by atoms with Crippen molar-refractivity contribution in [2.24, 2.45) is 0 Å². The predicted molar refractivity (Wildman–Crippen MR) is 77.1 cm³/mol. The molecule has 2 rings (SSSR count). The summed E-state index contributed by atoms with van der Waals surface area (Å²) in [4.78, 5) is 26.0. The van der Waals surface area contributed by atoms with Crippen molar-refractivity contribution >= 4 is 40.9 Å². The number of nitrogens with two attached hydrogens (primary N) is 1. The molecule has 1 heterocycles. The molecule has 0 saturated carbocycles. The average molecular weight is 299 g/mol. The maximum Gasteiger partial charge on any atom is 0.243 e. The van der Waals surface area contributed by atoms with Crippen LogP contribution in [0.5, 0.6) is 0 Å². The van der Waals surface area contributed by atoms with E-state index in [0.29, 0.717) is 15.6 Å². The summed E-state index contributed by atoms with van der Waals surface area (Å²) < 4.78 is 0. The SMILES string of the molecule is CC(C)N1C(=O)CC(Sc2c(N)cccc2Cl)C1=O. The number of hydrogen-bond acceptors (Lipinski definition) is 4. The largest absolute Gasteiger partial charge is 0.398 e. The second-order valence-corrected chi connectivity index (χ2v) is 6.28. The zero-order valence-corrected chi connectivity index (χ0v) is 12.3. The predicted octanol–water partition coefficient (Wildman–Crippen LogP) is 2.55. The highest BCUT2D eigenvalue weighted by atomic mass is 35.5. The number of likely N-dealkylation sites (tertiary alicyclic amines) is 1. The molecule has 1 aromatic rings. The van der Waals surface area contributed by atoms with E-state index in [1.54, 1.807) is 18.2 Å². The van der Waals surface area contributed by atoms with Gasteiger partial charge in [0.25, 0.3) is 0 Å². The minimum atomic E-state index is -0.433. The lowest BCUT2D eigenvalue weighted by Crippen LogP contribution is -2.37. The number of rotatable bonds is 3. The summed E-state index contributed by atoms with van der Waals surface area (Å²) in [6.07, 6.45) is 0.201. The maximum atomic E-state index is 12.2. The molecule has 1 atom stereocenters. The number of hydrogen-bond donors (Lipinski definition) is 1. The molecule has 0 bridgehead atoms. The van der Waals surface area contributed by atoms with E-state index >= 15 is 0 Å². The first-order valence-corrected chi connectivity index (χ1v) is 7.24. The smallest absolute Gasteiger partial charge is 0.243 e. The number of imide groups is 1. The molecule has 1 unspecified atom stereocenters. The summed E-state index contributed by atoms with van der Waals surface area (Å²) in [5.74, 6) is -0.299. The van der Waals surface area contributed by atoms with E-state index in [1.807, 2.05) is 13.8 Å². The van der Waals surface area contributed by atoms with Crippen molar-refractivity contribution in [3.63, 3.8) is 0 Å². The van der Waals surface area contributed by atoms with Gasteiger partial charge in [0.05, 0.1) is 10.3 Å². The van der Waals surface area contributed by atoms with Crippen LogP contribution in [-0.2, 0) is 9.59 Å². The molecule has 102 valence electrons. The summed E-state index contributed by atoms with van der Waals surface area (Å²) >= 11 is 7.35. The van der Waals surface area contributed by atoms with Gasteiger partial charge >= 0.3 is 0 Å². The van der Waals surface area contributed by atoms with E-state index in [2.05, 4.69) is 0 Å². The molecule has 0 aliphatic carbocycles. The van der Waals surface area contributed by atoms with Gasteiger partial charge in [-0.1, -0.05) is 17.7 Å². The van der Waals surface area contributed by atoms with Crippen molar-refractivity contribution in [1.82, 2.24) is 4.90 Å². The van der Waals surface area contributed by atoms with Gasteiger partial charge in [0.15, 0.2) is 0 Å². The molecule has 2 N–H and O–H groups in total. The number of nitrogen functional groups attached to an aromatic ring is 1. The standard InChI is InChI=1S/C13H15ClN2O2S/c1-7(2)16-11(17)6-10(13(16)18)19-12-8(14)4-3-5-9(12)15/h3-5,7,10H,6,15H2,1-2H3. The van der Waals surface area contributed by atoms with Crippen molar-refractivity contribution in [2.75, 3.05) is 5.73 Å². The van der Waals surface area contributed by atoms with Crippen molar-refractivity contribution < 1.29 is 9.59 Å². The molecule has 6 heteroatoms. The molecule has 19 heavy (non-hydrogen) atoms. The molecule has 0 aromatic heterocycles. The summed E-state index contributed by atoms with van der Waals surface area (Å²) in [5.41, 5.74) is 6.39. The zero-order valence-electron chi connectivity index (χ0n) is 10.7. The van der Waals surface area contributed by atoms with Crippen molar-refractivity contribution in [3.05, 3.63) is 23.2 Å². The number of amides is 2. The Morgan fingerprint density at radius 3 is 2.63 bits per heavy atom. The van der Waals surface area contributed by atoms with Gasteiger partial charge in [0.1, 0.15) is 0 Å². The van der Waals surface area contributed by atoms with Crippen LogP contribution in [-0.4, -0.2) is 28.0 Å². The Hall–Kier alpha value is -1.20. The van der Waals surface area contributed by atoms with Gasteiger partial charge in [-0.25, -0.2) is 0 Å². The van der Waals surface area contributed by atoms with Crippen LogP contribution < -0.4 is 5.73 Å². The molecular weight excluding hydrogens is 284 g/mol. The van der Waals surface area contributed by atoms with Crippen molar-refractivity contribution in [2.45, 2.75) is 36.5 Å². The molecular formula is C13H15ClN2O2S. The number of carbonyl (C=O) groups excluding carboxylic acids is 2. The fourth-order valence-corrected chi connectivity index (χ4v) is 3.47. The second kappa shape index (κ2) is 5.43. The summed E-state index contributed by atoms with van der Waals surface area (Å²) in [6.45, 7) is 3.65. The Kier molecular flexibility index (Phi) is 4.06. The number of carbonyl (C=O) groups is 2. The molecule has 2 amide bonds. The van der Waals surface area contributed by atoms with Gasteiger partial charge in [0.2, 0.25) is 11.8 Å². The van der Waals surface area contributed by atoms with Crippen LogP contribution >= 0.6 is 23.4 Å². The maximum absolute atomic E-state index is 12.2. The van der Waals surface area contributed by atoms with Gasteiger partial charge in [-0.2, -0.15) is 0 Å². The normalized spacial score (nSPS) is 19.6. The third-order valence-corrected chi connectivity index (χ3v) is 4.69. The van der Waals surface area contributed by atoms with Crippen LogP contribution in [0.2, 0.25) is 5.02 Å². The third kappa shape index (κ3) is 2.72. The van der Waals surface area contributed by atoms with Crippen LogP contribution in [0.4, 0.5) is 5.69 Å². The Morgan fingerprint density at radius 1 is 1.42 bits per heavy atom. The minimum absolute atomic E-state index is 0.116. The van der Waals surface area contributed by atoms with E-state index in [1.165, 1.54) is 16.7 Å². The van der Waals surface area contributed by atoms with Crippen LogP contribution in [0.1, 0.15) is 20.3 Å². The van der Waals surface area contributed by atoms with Gasteiger partial charge in [-0.15, -0.1) is 11.8 Å². The Bertz CT molecular complexity index is 513. The lowest BCUT2D eigenvalue weighted by atomic mass is 10.3. The summed E-state index contributed by atoms with van der Waals surface area (Å²) in [5, 5.41) is 0.0744. The van der Waals surface area contributed by atoms with Gasteiger partial charge in [-0.05, 0) is 26.0 Å². The summed E-state index contributed by atoms with van der Waals surface area (Å²) in [7, 11) is 0. The van der Waals surface area contributed by atoms with E-state index in [-0.39, 0.29) is 24.3 Å². The quantitative estimate of drug-likeness (QED) is 0.688. The topological polar surface area (TPSA) is 63.4 Å². The highest BCUT2D eigenvalue weighted by molar-refractivity contribution is 8.01. The van der Waals surface area contributed by atoms with Gasteiger partial charge in [0, 0.05) is 23.0 Å². The highest BCUT2D eigenvalue weighted by Crippen LogP contribution is 2.39. The molecule has 1 aromatic carbocycles. The molecule has 0 spiro atoms. The fraction of sp³-hybridized carbons (Fsp3) is 0.385. The molecule has 1 saturated heterocycles.